The van der Waals surface area contributed by atoms with E-state index in [1.807, 2.05) is 6.92 Å². The van der Waals surface area contributed by atoms with Gasteiger partial charge in [-0.15, -0.1) is 0 Å². The van der Waals surface area contributed by atoms with Gasteiger partial charge in [0.2, 0.25) is 5.91 Å². The van der Waals surface area contributed by atoms with Crippen LogP contribution >= 0.6 is 0 Å². The molecule has 0 radical (unpaired) electrons. The number of carbonyl (C=O) groups is 3. The number of para-hydroxylation sites is 2. The summed E-state index contributed by atoms with van der Waals surface area (Å²) >= 11 is 0. The smallest absolute Gasteiger partial charge is 0.344 e. The molecule has 0 aromatic heterocycles. The van der Waals surface area contributed by atoms with Gasteiger partial charge in [0.1, 0.15) is 0 Å². The number of carbonyl (C=O) groups excluding carboxylic acids is 3. The lowest BCUT2D eigenvalue weighted by Gasteiger charge is -2.11. The highest BCUT2D eigenvalue weighted by molar-refractivity contribution is 5.86. The van der Waals surface area contributed by atoms with Crippen LogP contribution in [0, 0.1) is 0 Å². The fraction of sp³-hybridized carbons (Fsp3) is 0.438. The molecule has 1 aromatic rings. The fourth-order valence-electron chi connectivity index (χ4n) is 1.66. The lowest BCUT2D eigenvalue weighted by molar-refractivity contribution is -0.150. The third kappa shape index (κ3) is 7.48. The Balaban J connectivity index is 2.29. The predicted molar refractivity (Wildman–Crippen MR) is 85.8 cm³/mol. The number of nitrogens with one attached hydrogen (secondary N) is 2. The maximum Gasteiger partial charge on any atom is 0.344 e. The summed E-state index contributed by atoms with van der Waals surface area (Å²) in [5.74, 6) is -0.642. The molecule has 0 atom stereocenters. The Morgan fingerprint density at radius 3 is 2.21 bits per heavy atom. The van der Waals surface area contributed by atoms with Gasteiger partial charge >= 0.3 is 5.97 Å². The van der Waals surface area contributed by atoms with Crippen molar-refractivity contribution in [2.24, 2.45) is 0 Å². The molecule has 0 aliphatic rings. The van der Waals surface area contributed by atoms with Crippen LogP contribution in [0.25, 0.3) is 0 Å². The Morgan fingerprint density at radius 1 is 0.917 bits per heavy atom. The SMILES string of the molecule is CCNC(=O)CNC(=O)COC(=O)COc1ccccc1OCC. The van der Waals surface area contributed by atoms with Crippen molar-refractivity contribution in [3.8, 4) is 11.5 Å². The molecule has 0 spiro atoms. The summed E-state index contributed by atoms with van der Waals surface area (Å²) in [6.45, 7) is 3.56. The maximum atomic E-state index is 11.6. The molecule has 132 valence electrons. The van der Waals surface area contributed by atoms with Crippen molar-refractivity contribution in [1.29, 1.82) is 0 Å². The minimum absolute atomic E-state index is 0.164. The molecule has 0 aliphatic carbocycles. The molecule has 0 fully saturated rings. The Bertz CT molecular complexity index is 561. The molecule has 0 saturated heterocycles. The second kappa shape index (κ2) is 10.9. The van der Waals surface area contributed by atoms with Gasteiger partial charge in [-0.25, -0.2) is 4.79 Å². The van der Waals surface area contributed by atoms with E-state index in [2.05, 4.69) is 10.6 Å². The quantitative estimate of drug-likeness (QED) is 0.593. The topological polar surface area (TPSA) is 103 Å². The van der Waals surface area contributed by atoms with Crippen LogP contribution in [0.15, 0.2) is 24.3 Å². The van der Waals surface area contributed by atoms with Crippen LogP contribution in [0.5, 0.6) is 11.5 Å². The summed E-state index contributed by atoms with van der Waals surface area (Å²) < 4.78 is 15.5. The van der Waals surface area contributed by atoms with Crippen LogP contribution in [0.1, 0.15) is 13.8 Å². The highest BCUT2D eigenvalue weighted by Gasteiger charge is 2.11. The van der Waals surface area contributed by atoms with Crippen molar-refractivity contribution < 1.29 is 28.6 Å². The minimum Gasteiger partial charge on any atom is -0.490 e. The van der Waals surface area contributed by atoms with Crippen molar-refractivity contribution in [2.75, 3.05) is 32.9 Å². The molecule has 0 aliphatic heterocycles. The monoisotopic (exact) mass is 338 g/mol. The number of hydrogen-bond donors (Lipinski definition) is 2. The first kappa shape index (κ1) is 19.3. The zero-order chi connectivity index (χ0) is 17.8. The van der Waals surface area contributed by atoms with Crippen molar-refractivity contribution in [3.05, 3.63) is 24.3 Å². The molecule has 0 unspecified atom stereocenters. The molecular formula is C16H22N2O6. The Hall–Kier alpha value is -2.77. The van der Waals surface area contributed by atoms with Crippen LogP contribution in [0.3, 0.4) is 0 Å². The second-order valence-corrected chi connectivity index (χ2v) is 4.56. The van der Waals surface area contributed by atoms with Crippen molar-refractivity contribution in [1.82, 2.24) is 10.6 Å². The number of amides is 2. The highest BCUT2D eigenvalue weighted by Crippen LogP contribution is 2.26. The first-order valence-electron chi connectivity index (χ1n) is 7.60. The molecule has 0 bridgehead atoms. The lowest BCUT2D eigenvalue weighted by atomic mass is 10.3. The third-order valence-electron chi connectivity index (χ3n) is 2.68. The molecule has 0 saturated carbocycles. The molecular weight excluding hydrogens is 316 g/mol. The predicted octanol–water partition coefficient (Wildman–Crippen LogP) is 0.260. The number of benzene rings is 1. The highest BCUT2D eigenvalue weighted by atomic mass is 16.6. The molecule has 8 nitrogen and oxygen atoms in total. The van der Waals surface area contributed by atoms with E-state index in [-0.39, 0.29) is 19.1 Å². The van der Waals surface area contributed by atoms with Gasteiger partial charge in [0, 0.05) is 6.54 Å². The van der Waals surface area contributed by atoms with E-state index < -0.39 is 18.5 Å². The van der Waals surface area contributed by atoms with Crippen LogP contribution in [0.2, 0.25) is 0 Å². The van der Waals surface area contributed by atoms with Gasteiger partial charge in [-0.1, -0.05) is 12.1 Å². The molecule has 1 rings (SSSR count). The van der Waals surface area contributed by atoms with Gasteiger partial charge in [0.25, 0.3) is 5.91 Å². The number of hydrogen-bond acceptors (Lipinski definition) is 6. The van der Waals surface area contributed by atoms with Crippen LogP contribution < -0.4 is 20.1 Å². The van der Waals surface area contributed by atoms with E-state index in [0.29, 0.717) is 24.7 Å². The number of likely N-dealkylation sites (N-methyl/N-ethyl adjacent to an activating group) is 1. The summed E-state index contributed by atoms with van der Waals surface area (Å²) in [6, 6.07) is 6.92. The average molecular weight is 338 g/mol. The van der Waals surface area contributed by atoms with Crippen LogP contribution in [0.4, 0.5) is 0 Å². The van der Waals surface area contributed by atoms with E-state index in [4.69, 9.17) is 14.2 Å². The van der Waals surface area contributed by atoms with Gasteiger partial charge in [-0.3, -0.25) is 9.59 Å². The Labute approximate surface area is 140 Å². The second-order valence-electron chi connectivity index (χ2n) is 4.56. The zero-order valence-electron chi connectivity index (χ0n) is 13.8. The van der Waals surface area contributed by atoms with Gasteiger partial charge in [0.15, 0.2) is 24.7 Å². The average Bonchev–Trinajstić information content (AvgIpc) is 2.58. The molecule has 8 heteroatoms. The van der Waals surface area contributed by atoms with Crippen LogP contribution in [-0.4, -0.2) is 50.7 Å². The maximum absolute atomic E-state index is 11.6. The zero-order valence-corrected chi connectivity index (χ0v) is 13.8. The van der Waals surface area contributed by atoms with Crippen molar-refractivity contribution in [3.63, 3.8) is 0 Å². The van der Waals surface area contributed by atoms with Crippen LogP contribution in [-0.2, 0) is 19.1 Å². The summed E-state index contributed by atoms with van der Waals surface area (Å²) in [5.41, 5.74) is 0. The largest absolute Gasteiger partial charge is 0.490 e. The summed E-state index contributed by atoms with van der Waals surface area (Å²) in [4.78, 5) is 34.2. The first-order chi connectivity index (χ1) is 11.6. The standard InChI is InChI=1S/C16H22N2O6/c1-3-17-14(19)9-18-15(20)10-24-16(21)11-23-13-8-6-5-7-12(13)22-4-2/h5-8H,3-4,9-11H2,1-2H3,(H,17,19)(H,18,20). The molecule has 2 N–H and O–H groups in total. The minimum atomic E-state index is -0.700. The summed E-state index contributed by atoms with van der Waals surface area (Å²) in [5, 5.41) is 4.86. The fourth-order valence-corrected chi connectivity index (χ4v) is 1.66. The van der Waals surface area contributed by atoms with Gasteiger partial charge < -0.3 is 24.8 Å². The summed E-state index contributed by atoms with van der Waals surface area (Å²) in [7, 11) is 0. The molecule has 24 heavy (non-hydrogen) atoms. The van der Waals surface area contributed by atoms with E-state index in [1.54, 1.807) is 31.2 Å². The van der Waals surface area contributed by atoms with E-state index in [1.165, 1.54) is 0 Å². The van der Waals surface area contributed by atoms with E-state index in [9.17, 15) is 14.4 Å². The third-order valence-corrected chi connectivity index (χ3v) is 2.68. The normalized spacial score (nSPS) is 9.75. The lowest BCUT2D eigenvalue weighted by Crippen LogP contribution is -2.38. The van der Waals surface area contributed by atoms with Crippen molar-refractivity contribution >= 4 is 17.8 Å². The molecule has 1 aromatic carbocycles. The Morgan fingerprint density at radius 2 is 1.58 bits per heavy atom. The number of rotatable bonds is 10. The molecule has 0 heterocycles. The Kier molecular flexibility index (Phi) is 8.73. The number of ether oxygens (including phenoxy) is 3. The van der Waals surface area contributed by atoms with Crippen molar-refractivity contribution in [2.45, 2.75) is 13.8 Å². The molecule has 2 amide bonds. The number of esters is 1. The van der Waals surface area contributed by atoms with E-state index in [0.717, 1.165) is 0 Å². The van der Waals surface area contributed by atoms with Gasteiger partial charge in [-0.05, 0) is 26.0 Å². The van der Waals surface area contributed by atoms with Gasteiger partial charge in [0.05, 0.1) is 13.2 Å². The van der Waals surface area contributed by atoms with E-state index >= 15 is 0 Å². The summed E-state index contributed by atoms with van der Waals surface area (Å²) in [6.07, 6.45) is 0. The van der Waals surface area contributed by atoms with Gasteiger partial charge in [-0.2, -0.15) is 0 Å². The first-order valence-corrected chi connectivity index (χ1v) is 7.60.